The topological polar surface area (TPSA) is 231 Å². The second-order valence-corrected chi connectivity index (χ2v) is 18.0. The van der Waals surface area contributed by atoms with Gasteiger partial charge in [0.25, 0.3) is 0 Å². The summed E-state index contributed by atoms with van der Waals surface area (Å²) in [6, 6.07) is 0. The number of aliphatic hydroxyl groups excluding tert-OH is 7. The zero-order valence-electron chi connectivity index (χ0n) is 42.2. The van der Waals surface area contributed by atoms with Crippen LogP contribution in [0.4, 0.5) is 0 Å². The fourth-order valence-electron chi connectivity index (χ4n) is 7.61. The molecule has 2 aliphatic heterocycles. The lowest BCUT2D eigenvalue weighted by molar-refractivity contribution is -0.332. The molecule has 11 atom stereocenters. The number of carbonyl (C=O) groups excluding carboxylic acids is 2. The number of rotatable bonds is 39. The minimum atomic E-state index is -1.79. The normalized spacial score (nSPS) is 26.1. The Hall–Kier alpha value is -3.32. The van der Waals surface area contributed by atoms with Crippen molar-refractivity contribution in [3.63, 3.8) is 0 Å². The highest BCUT2D eigenvalue weighted by Gasteiger charge is 2.47. The van der Waals surface area contributed by atoms with Crippen LogP contribution in [-0.4, -0.2) is 142 Å². The minimum Gasteiger partial charge on any atom is -0.462 e. The Morgan fingerprint density at radius 2 is 0.900 bits per heavy atom. The van der Waals surface area contributed by atoms with Crippen LogP contribution in [0.2, 0.25) is 0 Å². The van der Waals surface area contributed by atoms with Crippen LogP contribution in [0.15, 0.2) is 85.1 Å². The molecule has 4 unspecified atom stereocenters. The summed E-state index contributed by atoms with van der Waals surface area (Å²) in [5.41, 5.74) is 0. The molecule has 2 aliphatic rings. The van der Waals surface area contributed by atoms with Crippen molar-refractivity contribution in [2.75, 3.05) is 26.4 Å². The number of unbranched alkanes of at least 4 members (excludes halogenated alkanes) is 11. The van der Waals surface area contributed by atoms with Crippen LogP contribution in [0, 0.1) is 0 Å². The van der Waals surface area contributed by atoms with Crippen LogP contribution in [0.1, 0.15) is 155 Å². The molecule has 70 heavy (non-hydrogen) atoms. The van der Waals surface area contributed by atoms with Crippen molar-refractivity contribution in [1.82, 2.24) is 0 Å². The molecule has 0 radical (unpaired) electrons. The van der Waals surface area contributed by atoms with Gasteiger partial charge in [-0.25, -0.2) is 0 Å². The van der Waals surface area contributed by atoms with Gasteiger partial charge in [0.05, 0.1) is 19.8 Å². The van der Waals surface area contributed by atoms with Gasteiger partial charge in [0.15, 0.2) is 18.7 Å². The average Bonchev–Trinajstić information content (AvgIpc) is 3.35. The summed E-state index contributed by atoms with van der Waals surface area (Å²) in [5.74, 6) is -1.09. The second-order valence-electron chi connectivity index (χ2n) is 18.0. The van der Waals surface area contributed by atoms with Crippen molar-refractivity contribution in [2.45, 2.75) is 223 Å². The lowest BCUT2D eigenvalue weighted by Crippen LogP contribution is -2.61. The van der Waals surface area contributed by atoms with E-state index in [-0.39, 0.29) is 19.4 Å². The summed E-state index contributed by atoms with van der Waals surface area (Å²) in [5, 5.41) is 72.1. The first-order valence-electron chi connectivity index (χ1n) is 26.2. The molecule has 0 aromatic rings. The predicted molar refractivity (Wildman–Crippen MR) is 270 cm³/mol. The van der Waals surface area contributed by atoms with E-state index in [1.54, 1.807) is 0 Å². The standard InChI is InChI=1S/C55H90O15/c1-3-5-7-9-11-13-15-17-19-20-21-22-24-25-27-29-31-33-35-37-46(57)65-40-43(68-47(58)38-36-34-32-30-28-26-23-18-16-14-12-10-8-6-4-2)41-66-54-53(64)51(62)49(60)45(70-54)42-67-55-52(63)50(61)48(59)44(39-56)69-55/h5,7,11,13,17,19,21-22,25,27,31-34,43-45,48-56,59-64H,3-4,6,8-10,12,14-16,18,20,23-24,26,28-30,35-42H2,1-2H3/b7-5+,13-11+,19-17+,22-21+,27-25+,33-31+,34-32+/t43-,44+,45+,48-,49-,50?,51?,52?,53?,54+,55+/m0/s1. The zero-order valence-corrected chi connectivity index (χ0v) is 42.2. The van der Waals surface area contributed by atoms with Crippen molar-refractivity contribution < 1.29 is 73.8 Å². The third-order valence-corrected chi connectivity index (χ3v) is 11.9. The molecule has 0 bridgehead atoms. The minimum absolute atomic E-state index is 0.0622. The molecule has 15 heteroatoms. The summed E-state index contributed by atoms with van der Waals surface area (Å²) in [4.78, 5) is 25.7. The number of ether oxygens (including phenoxy) is 6. The van der Waals surface area contributed by atoms with Gasteiger partial charge in [0.1, 0.15) is 55.4 Å². The Bertz CT molecular complexity index is 1540. The lowest BCUT2D eigenvalue weighted by atomic mass is 9.98. The average molecular weight is 991 g/mol. The van der Waals surface area contributed by atoms with Crippen molar-refractivity contribution in [3.05, 3.63) is 85.1 Å². The molecule has 0 aromatic heterocycles. The van der Waals surface area contributed by atoms with Gasteiger partial charge in [-0.15, -0.1) is 0 Å². The van der Waals surface area contributed by atoms with Crippen molar-refractivity contribution in [1.29, 1.82) is 0 Å². The SMILES string of the molecule is CC/C=C/C/C=C/C/C=C/C/C=C/C/C=C/C/C=C/CCC(=O)OC[C@@H](CO[C@@H]1O[C@H](CO[C@@H]2O[C@H](CO)[C@H](O)C(O)C2O)[C@H](O)C(O)C1O)OC(=O)CC/C=C/CCCCCCCCCCCCC. The largest absolute Gasteiger partial charge is 0.462 e. The highest BCUT2D eigenvalue weighted by Crippen LogP contribution is 2.26. The molecule has 7 N–H and O–H groups in total. The van der Waals surface area contributed by atoms with Crippen LogP contribution in [-0.2, 0) is 38.0 Å². The van der Waals surface area contributed by atoms with Crippen LogP contribution in [0.5, 0.6) is 0 Å². The molecule has 0 amide bonds. The highest BCUT2D eigenvalue weighted by atomic mass is 16.7. The molecule has 2 heterocycles. The molecule has 15 nitrogen and oxygen atoms in total. The maximum atomic E-state index is 13.0. The molecule has 400 valence electrons. The van der Waals surface area contributed by atoms with Crippen molar-refractivity contribution in [2.24, 2.45) is 0 Å². The van der Waals surface area contributed by atoms with Crippen LogP contribution in [0.3, 0.4) is 0 Å². The van der Waals surface area contributed by atoms with Gasteiger partial charge in [-0.1, -0.05) is 163 Å². The summed E-state index contributed by atoms with van der Waals surface area (Å²) in [7, 11) is 0. The molecule has 0 aliphatic carbocycles. The van der Waals surface area contributed by atoms with Crippen LogP contribution in [0.25, 0.3) is 0 Å². The van der Waals surface area contributed by atoms with Crippen molar-refractivity contribution >= 4 is 11.9 Å². The van der Waals surface area contributed by atoms with E-state index in [4.69, 9.17) is 28.4 Å². The van der Waals surface area contributed by atoms with E-state index >= 15 is 0 Å². The highest BCUT2D eigenvalue weighted by molar-refractivity contribution is 5.70. The summed E-state index contributed by atoms with van der Waals surface area (Å²) in [6.07, 6.45) is 33.5. The monoisotopic (exact) mass is 991 g/mol. The van der Waals surface area contributed by atoms with Crippen LogP contribution < -0.4 is 0 Å². The molecule has 0 spiro atoms. The van der Waals surface area contributed by atoms with Gasteiger partial charge in [-0.3, -0.25) is 9.59 Å². The first-order valence-corrected chi connectivity index (χ1v) is 26.2. The Morgan fingerprint density at radius 3 is 1.43 bits per heavy atom. The molecular weight excluding hydrogens is 901 g/mol. The maximum Gasteiger partial charge on any atom is 0.306 e. The quantitative estimate of drug-likeness (QED) is 0.0179. The van der Waals surface area contributed by atoms with Gasteiger partial charge in [-0.2, -0.15) is 0 Å². The van der Waals surface area contributed by atoms with E-state index in [1.165, 1.54) is 64.2 Å². The van der Waals surface area contributed by atoms with Gasteiger partial charge >= 0.3 is 11.9 Å². The zero-order chi connectivity index (χ0) is 51.0. The molecular formula is C55H90O15. The number of carbonyl (C=O) groups is 2. The van der Waals surface area contributed by atoms with Gasteiger partial charge in [-0.05, 0) is 64.2 Å². The maximum absolute atomic E-state index is 13.0. The van der Waals surface area contributed by atoms with Crippen LogP contribution >= 0.6 is 0 Å². The molecule has 2 saturated heterocycles. The van der Waals surface area contributed by atoms with E-state index in [0.717, 1.165) is 44.9 Å². The second kappa shape index (κ2) is 41.2. The number of esters is 2. The fraction of sp³-hybridized carbons (Fsp3) is 0.709. The Morgan fingerprint density at radius 1 is 0.471 bits per heavy atom. The van der Waals surface area contributed by atoms with E-state index in [2.05, 4.69) is 80.7 Å². The van der Waals surface area contributed by atoms with Gasteiger partial charge in [0.2, 0.25) is 0 Å². The lowest BCUT2D eigenvalue weighted by Gasteiger charge is -2.42. The van der Waals surface area contributed by atoms with Gasteiger partial charge < -0.3 is 64.2 Å². The third kappa shape index (κ3) is 28.7. The Labute approximate surface area is 418 Å². The molecule has 0 saturated carbocycles. The molecule has 2 rings (SSSR count). The van der Waals surface area contributed by atoms with E-state index in [0.29, 0.717) is 19.3 Å². The molecule has 2 fully saturated rings. The molecule has 0 aromatic carbocycles. The Balaban J connectivity index is 1.85. The van der Waals surface area contributed by atoms with E-state index in [9.17, 15) is 45.3 Å². The van der Waals surface area contributed by atoms with E-state index < -0.39 is 99.3 Å². The summed E-state index contributed by atoms with van der Waals surface area (Å²) >= 11 is 0. The Kier molecular flexibility index (Phi) is 36.9. The first-order chi connectivity index (χ1) is 34.0. The fourth-order valence-corrected chi connectivity index (χ4v) is 7.61. The number of hydrogen-bond donors (Lipinski definition) is 7. The third-order valence-electron chi connectivity index (χ3n) is 11.9. The van der Waals surface area contributed by atoms with Crippen molar-refractivity contribution in [3.8, 4) is 0 Å². The number of aliphatic hydroxyl groups is 7. The summed E-state index contributed by atoms with van der Waals surface area (Å²) < 4.78 is 33.4. The summed E-state index contributed by atoms with van der Waals surface area (Å²) in [6.45, 7) is 2.34. The van der Waals surface area contributed by atoms with Gasteiger partial charge in [0, 0.05) is 12.8 Å². The predicted octanol–water partition coefficient (Wildman–Crippen LogP) is 7.60. The first kappa shape index (κ1) is 62.8. The van der Waals surface area contributed by atoms with E-state index in [1.807, 2.05) is 18.2 Å². The number of allylic oxidation sites excluding steroid dienone is 14. The number of hydrogen-bond acceptors (Lipinski definition) is 15. The smallest absolute Gasteiger partial charge is 0.306 e.